The maximum atomic E-state index is 4.65. The molecule has 78 valence electrons. The summed E-state index contributed by atoms with van der Waals surface area (Å²) < 4.78 is 2.26. The molecule has 1 N–H and O–H groups in total. The Bertz CT molecular complexity index is 307. The Balaban J connectivity index is 2.32. The molecule has 4 heteroatoms. The summed E-state index contributed by atoms with van der Waals surface area (Å²) in [5, 5.41) is 8.01. The first-order valence-corrected chi connectivity index (χ1v) is 6.19. The summed E-state index contributed by atoms with van der Waals surface area (Å²) in [4.78, 5) is 0. The number of thioether (sulfide) groups is 1. The lowest BCUT2D eigenvalue weighted by Gasteiger charge is -2.18. The molecule has 14 heavy (non-hydrogen) atoms. The number of nitrogens with one attached hydrogen (secondary N) is 1. The van der Waals surface area contributed by atoms with Gasteiger partial charge in [0.15, 0.2) is 0 Å². The van der Waals surface area contributed by atoms with Crippen molar-refractivity contribution in [3.8, 4) is 0 Å². The van der Waals surface area contributed by atoms with Crippen LogP contribution in [0, 0.1) is 0 Å². The van der Waals surface area contributed by atoms with Gasteiger partial charge in [-0.05, 0) is 26.2 Å². The second kappa shape index (κ2) is 3.59. The van der Waals surface area contributed by atoms with E-state index in [2.05, 4.69) is 41.3 Å². The Kier molecular flexibility index (Phi) is 2.58. The molecule has 0 fully saturated rings. The van der Waals surface area contributed by atoms with Crippen LogP contribution >= 0.6 is 11.8 Å². The molecule has 0 unspecified atom stereocenters. The molecule has 1 aromatic heterocycles. The lowest BCUT2D eigenvalue weighted by Crippen LogP contribution is -2.28. The zero-order valence-corrected chi connectivity index (χ0v) is 9.82. The van der Waals surface area contributed by atoms with Gasteiger partial charge in [-0.25, -0.2) is 0 Å². The highest BCUT2D eigenvalue weighted by Gasteiger charge is 2.24. The van der Waals surface area contributed by atoms with Crippen LogP contribution in [-0.4, -0.2) is 22.6 Å². The number of fused-ring (bicyclic) bond motifs is 1. The van der Waals surface area contributed by atoms with Crippen molar-refractivity contribution in [1.29, 1.82) is 0 Å². The normalized spacial score (nSPS) is 16.8. The molecule has 0 aliphatic carbocycles. The third-order valence-corrected chi connectivity index (χ3v) is 4.03. The third kappa shape index (κ3) is 1.68. The Labute approximate surface area is 89.3 Å². The Morgan fingerprint density at radius 3 is 3.00 bits per heavy atom. The monoisotopic (exact) mass is 211 g/mol. The van der Waals surface area contributed by atoms with Crippen LogP contribution in [0.25, 0.3) is 0 Å². The average molecular weight is 211 g/mol. The molecule has 0 aromatic carbocycles. The van der Waals surface area contributed by atoms with E-state index in [0.717, 1.165) is 19.6 Å². The van der Waals surface area contributed by atoms with Crippen molar-refractivity contribution in [2.45, 2.75) is 31.7 Å². The highest BCUT2D eigenvalue weighted by atomic mass is 32.2. The van der Waals surface area contributed by atoms with Crippen LogP contribution in [0.5, 0.6) is 0 Å². The fourth-order valence-electron chi connectivity index (χ4n) is 1.59. The van der Waals surface area contributed by atoms with Gasteiger partial charge in [0.25, 0.3) is 0 Å². The van der Waals surface area contributed by atoms with Crippen LogP contribution in [0.3, 0.4) is 0 Å². The number of aromatic nitrogens is 2. The maximum Gasteiger partial charge on any atom is 0.0783 e. The Hall–Kier alpha value is -0.480. The SMILES string of the molecule is CSC(C)(C)c1cc2n(n1)CCNC2. The summed E-state index contributed by atoms with van der Waals surface area (Å²) in [5.74, 6) is 0. The lowest BCUT2D eigenvalue weighted by molar-refractivity contribution is 0.471. The predicted molar refractivity (Wildman–Crippen MR) is 60.5 cm³/mol. The molecule has 0 saturated heterocycles. The van der Waals surface area contributed by atoms with Crippen molar-refractivity contribution in [2.24, 2.45) is 0 Å². The van der Waals surface area contributed by atoms with Gasteiger partial charge in [-0.1, -0.05) is 0 Å². The molecule has 0 saturated carbocycles. The van der Waals surface area contributed by atoms with Crippen LogP contribution in [-0.2, 0) is 17.8 Å². The number of rotatable bonds is 2. The molecule has 1 aliphatic heterocycles. The third-order valence-electron chi connectivity index (χ3n) is 2.80. The van der Waals surface area contributed by atoms with E-state index in [9.17, 15) is 0 Å². The molecule has 0 amide bonds. The van der Waals surface area contributed by atoms with E-state index in [-0.39, 0.29) is 4.75 Å². The van der Waals surface area contributed by atoms with Gasteiger partial charge in [0, 0.05) is 13.1 Å². The molecule has 0 bridgehead atoms. The second-order valence-corrected chi connectivity index (χ2v) is 5.56. The molecule has 2 rings (SSSR count). The number of hydrogen-bond donors (Lipinski definition) is 1. The van der Waals surface area contributed by atoms with Crippen molar-refractivity contribution >= 4 is 11.8 Å². The van der Waals surface area contributed by atoms with Crippen molar-refractivity contribution < 1.29 is 0 Å². The molecule has 1 aromatic rings. The van der Waals surface area contributed by atoms with Crippen LogP contribution in [0.15, 0.2) is 6.07 Å². The first-order chi connectivity index (χ1) is 6.63. The molecule has 3 nitrogen and oxygen atoms in total. The maximum absolute atomic E-state index is 4.65. The number of hydrogen-bond acceptors (Lipinski definition) is 3. The first-order valence-electron chi connectivity index (χ1n) is 4.96. The minimum absolute atomic E-state index is 0.129. The van der Waals surface area contributed by atoms with E-state index in [0.29, 0.717) is 0 Å². The Morgan fingerprint density at radius 2 is 2.36 bits per heavy atom. The highest BCUT2D eigenvalue weighted by Crippen LogP contribution is 2.33. The van der Waals surface area contributed by atoms with Crippen LogP contribution in [0.4, 0.5) is 0 Å². The van der Waals surface area contributed by atoms with E-state index < -0.39 is 0 Å². The lowest BCUT2D eigenvalue weighted by atomic mass is 10.1. The second-order valence-electron chi connectivity index (χ2n) is 4.14. The Morgan fingerprint density at radius 1 is 1.57 bits per heavy atom. The molecule has 2 heterocycles. The summed E-state index contributed by atoms with van der Waals surface area (Å²) in [6.45, 7) is 7.43. The van der Waals surface area contributed by atoms with Crippen molar-refractivity contribution in [1.82, 2.24) is 15.1 Å². The predicted octanol–water partition coefficient (Wildman–Crippen LogP) is 1.58. The summed E-state index contributed by atoms with van der Waals surface area (Å²) in [6, 6.07) is 2.22. The zero-order valence-electron chi connectivity index (χ0n) is 9.00. The minimum Gasteiger partial charge on any atom is -0.309 e. The molecular formula is C10H17N3S. The first kappa shape index (κ1) is 10.1. The van der Waals surface area contributed by atoms with Gasteiger partial charge in [-0.3, -0.25) is 4.68 Å². The molecule has 1 aliphatic rings. The molecule has 0 radical (unpaired) electrons. The fraction of sp³-hybridized carbons (Fsp3) is 0.700. The van der Waals surface area contributed by atoms with E-state index in [1.54, 1.807) is 0 Å². The van der Waals surface area contributed by atoms with Crippen molar-refractivity contribution in [2.75, 3.05) is 12.8 Å². The average Bonchev–Trinajstić information content (AvgIpc) is 2.61. The van der Waals surface area contributed by atoms with Crippen molar-refractivity contribution in [3.05, 3.63) is 17.5 Å². The largest absolute Gasteiger partial charge is 0.309 e. The van der Waals surface area contributed by atoms with Gasteiger partial charge in [0.1, 0.15) is 0 Å². The van der Waals surface area contributed by atoms with E-state index in [1.807, 2.05) is 11.8 Å². The summed E-state index contributed by atoms with van der Waals surface area (Å²) in [7, 11) is 0. The van der Waals surface area contributed by atoms with Gasteiger partial charge in [-0.15, -0.1) is 0 Å². The van der Waals surface area contributed by atoms with E-state index in [4.69, 9.17) is 0 Å². The van der Waals surface area contributed by atoms with Crippen LogP contribution in [0.2, 0.25) is 0 Å². The molecule has 0 spiro atoms. The minimum atomic E-state index is 0.129. The van der Waals surface area contributed by atoms with Crippen LogP contribution in [0.1, 0.15) is 25.2 Å². The molecular weight excluding hydrogens is 194 g/mol. The van der Waals surface area contributed by atoms with Crippen molar-refractivity contribution in [3.63, 3.8) is 0 Å². The summed E-state index contributed by atoms with van der Waals surface area (Å²) in [5.41, 5.74) is 2.51. The quantitative estimate of drug-likeness (QED) is 0.805. The molecule has 0 atom stereocenters. The smallest absolute Gasteiger partial charge is 0.0783 e. The summed E-state index contributed by atoms with van der Waals surface area (Å²) in [6.07, 6.45) is 2.14. The fourth-order valence-corrected chi connectivity index (χ4v) is 1.90. The topological polar surface area (TPSA) is 29.9 Å². The van der Waals surface area contributed by atoms with Gasteiger partial charge in [-0.2, -0.15) is 16.9 Å². The van der Waals surface area contributed by atoms with Gasteiger partial charge < -0.3 is 5.32 Å². The highest BCUT2D eigenvalue weighted by molar-refractivity contribution is 7.99. The summed E-state index contributed by atoms with van der Waals surface area (Å²) >= 11 is 1.85. The van der Waals surface area contributed by atoms with Crippen LogP contribution < -0.4 is 5.32 Å². The number of nitrogens with zero attached hydrogens (tertiary/aromatic N) is 2. The van der Waals surface area contributed by atoms with Gasteiger partial charge in [0.2, 0.25) is 0 Å². The standard InChI is InChI=1S/C10H17N3S/c1-10(2,14-3)9-6-8-7-11-4-5-13(8)12-9/h6,11H,4-5,7H2,1-3H3. The zero-order chi connectivity index (χ0) is 10.2. The van der Waals surface area contributed by atoms with Gasteiger partial charge >= 0.3 is 0 Å². The van der Waals surface area contributed by atoms with E-state index >= 15 is 0 Å². The van der Waals surface area contributed by atoms with E-state index in [1.165, 1.54) is 11.4 Å². The van der Waals surface area contributed by atoms with Gasteiger partial charge in [0.05, 0.1) is 22.7 Å².